The van der Waals surface area contributed by atoms with Crippen molar-refractivity contribution in [3.63, 3.8) is 0 Å². The van der Waals surface area contributed by atoms with Crippen LogP contribution in [0.15, 0.2) is 36.4 Å². The minimum Gasteiger partial charge on any atom is -0.481 e. The third-order valence-corrected chi connectivity index (χ3v) is 5.49. The van der Waals surface area contributed by atoms with Gasteiger partial charge in [0.05, 0.1) is 5.92 Å². The van der Waals surface area contributed by atoms with Crippen molar-refractivity contribution in [3.8, 4) is 0 Å². The fraction of sp³-hybridized carbons (Fsp3) is 0.350. The first-order chi connectivity index (χ1) is 12.1. The van der Waals surface area contributed by atoms with Crippen LogP contribution >= 0.6 is 0 Å². The summed E-state index contributed by atoms with van der Waals surface area (Å²) in [6, 6.07) is 11.0. The number of nitrogens with zero attached hydrogens (tertiary/aromatic N) is 1. The fourth-order valence-corrected chi connectivity index (χ4v) is 4.10. The van der Waals surface area contributed by atoms with Crippen LogP contribution in [0.5, 0.6) is 0 Å². The molecule has 0 atom stereocenters. The van der Waals surface area contributed by atoms with Gasteiger partial charge in [0.1, 0.15) is 0 Å². The molecule has 25 heavy (non-hydrogen) atoms. The molecule has 0 unspecified atom stereocenters. The maximum absolute atomic E-state index is 12.9. The summed E-state index contributed by atoms with van der Waals surface area (Å²) < 4.78 is 0. The zero-order valence-corrected chi connectivity index (χ0v) is 13.8. The van der Waals surface area contributed by atoms with Crippen LogP contribution in [0.3, 0.4) is 0 Å². The first-order valence-electron chi connectivity index (χ1n) is 8.67. The smallest absolute Gasteiger partial charge is 0.306 e. The Morgan fingerprint density at radius 2 is 1.52 bits per heavy atom. The van der Waals surface area contributed by atoms with Gasteiger partial charge in [0.25, 0.3) is 11.8 Å². The summed E-state index contributed by atoms with van der Waals surface area (Å²) in [5.74, 6) is -1.35. The number of benzene rings is 2. The Hall–Kier alpha value is -2.69. The first-order valence-corrected chi connectivity index (χ1v) is 8.67. The van der Waals surface area contributed by atoms with Gasteiger partial charge in [-0.1, -0.05) is 24.3 Å². The summed E-state index contributed by atoms with van der Waals surface area (Å²) in [4.78, 5) is 38.2. The number of carboxylic acid groups (broad SMARTS) is 1. The van der Waals surface area contributed by atoms with Gasteiger partial charge >= 0.3 is 5.97 Å². The van der Waals surface area contributed by atoms with Crippen molar-refractivity contribution in [1.29, 1.82) is 0 Å². The van der Waals surface area contributed by atoms with Gasteiger partial charge in [0.15, 0.2) is 0 Å². The lowest BCUT2D eigenvalue weighted by Gasteiger charge is -2.33. The minimum absolute atomic E-state index is 0.174. The maximum Gasteiger partial charge on any atom is 0.306 e. The van der Waals surface area contributed by atoms with Crippen molar-refractivity contribution >= 4 is 28.6 Å². The second kappa shape index (κ2) is 5.99. The molecule has 0 spiro atoms. The molecule has 5 nitrogen and oxygen atoms in total. The van der Waals surface area contributed by atoms with Gasteiger partial charge in [0.2, 0.25) is 0 Å². The van der Waals surface area contributed by atoms with E-state index in [0.717, 1.165) is 23.6 Å². The average molecular weight is 337 g/mol. The highest BCUT2D eigenvalue weighted by molar-refractivity contribution is 6.25. The lowest BCUT2D eigenvalue weighted by molar-refractivity contribution is -0.143. The number of amides is 2. The molecule has 0 saturated heterocycles. The molecule has 1 aliphatic heterocycles. The number of hydrogen-bond donors (Lipinski definition) is 1. The number of imide groups is 1. The summed E-state index contributed by atoms with van der Waals surface area (Å²) in [6.45, 7) is 0.370. The zero-order chi connectivity index (χ0) is 17.6. The van der Waals surface area contributed by atoms with E-state index in [1.54, 1.807) is 12.1 Å². The molecule has 0 bridgehead atoms. The molecule has 2 amide bonds. The zero-order valence-electron chi connectivity index (χ0n) is 13.8. The normalized spacial score (nSPS) is 23.1. The molecule has 0 radical (unpaired) electrons. The van der Waals surface area contributed by atoms with E-state index in [1.165, 1.54) is 4.90 Å². The number of rotatable bonds is 3. The summed E-state index contributed by atoms with van der Waals surface area (Å²) in [7, 11) is 0. The highest BCUT2D eigenvalue weighted by atomic mass is 16.4. The Morgan fingerprint density at radius 1 is 0.960 bits per heavy atom. The standard InChI is InChI=1S/C20H19NO4/c22-18-15-5-1-3-13-4-2-6-16(17(13)15)19(23)21(18)11-12-7-9-14(10-8-12)20(24)25/h1-6,12,14H,7-11H2,(H,24,25). The number of carboxylic acids is 1. The second-order valence-corrected chi connectivity index (χ2v) is 6.99. The summed E-state index contributed by atoms with van der Waals surface area (Å²) in [6.07, 6.45) is 2.70. The summed E-state index contributed by atoms with van der Waals surface area (Å²) in [5, 5.41) is 10.7. The van der Waals surface area contributed by atoms with Gasteiger partial charge in [-0.15, -0.1) is 0 Å². The predicted molar refractivity (Wildman–Crippen MR) is 92.4 cm³/mol. The number of aliphatic carboxylic acids is 1. The Bertz CT molecular complexity index is 830. The van der Waals surface area contributed by atoms with Crippen molar-refractivity contribution in [2.24, 2.45) is 11.8 Å². The Labute approximate surface area is 145 Å². The van der Waals surface area contributed by atoms with Gasteiger partial charge in [0, 0.05) is 23.1 Å². The monoisotopic (exact) mass is 337 g/mol. The van der Waals surface area contributed by atoms with Crippen molar-refractivity contribution in [2.75, 3.05) is 6.54 Å². The third-order valence-electron chi connectivity index (χ3n) is 5.49. The van der Waals surface area contributed by atoms with Crippen LogP contribution in [0, 0.1) is 11.8 Å². The number of carbonyl (C=O) groups excluding carboxylic acids is 2. The van der Waals surface area contributed by atoms with Crippen LogP contribution in [-0.4, -0.2) is 34.3 Å². The second-order valence-electron chi connectivity index (χ2n) is 6.99. The topological polar surface area (TPSA) is 74.7 Å². The molecule has 2 aromatic rings. The van der Waals surface area contributed by atoms with Gasteiger partial charge in [-0.05, 0) is 49.1 Å². The molecule has 2 aromatic carbocycles. The van der Waals surface area contributed by atoms with E-state index in [9.17, 15) is 14.4 Å². The van der Waals surface area contributed by atoms with E-state index in [2.05, 4.69) is 0 Å². The van der Waals surface area contributed by atoms with Crippen molar-refractivity contribution in [3.05, 3.63) is 47.5 Å². The lowest BCUT2D eigenvalue weighted by atomic mass is 9.81. The Morgan fingerprint density at radius 3 is 2.04 bits per heavy atom. The van der Waals surface area contributed by atoms with Gasteiger partial charge < -0.3 is 5.11 Å². The van der Waals surface area contributed by atoms with Crippen molar-refractivity contribution < 1.29 is 19.5 Å². The van der Waals surface area contributed by atoms with Crippen LogP contribution in [0.2, 0.25) is 0 Å². The van der Waals surface area contributed by atoms with Crippen molar-refractivity contribution in [2.45, 2.75) is 25.7 Å². The average Bonchev–Trinajstić information content (AvgIpc) is 2.63. The third kappa shape index (κ3) is 2.60. The molecule has 1 fully saturated rings. The molecular formula is C20H19NO4. The lowest BCUT2D eigenvalue weighted by Crippen LogP contribution is -2.43. The molecule has 4 rings (SSSR count). The molecule has 2 aliphatic rings. The maximum atomic E-state index is 12.9. The molecule has 1 heterocycles. The molecular weight excluding hydrogens is 318 g/mol. The molecule has 1 aliphatic carbocycles. The largest absolute Gasteiger partial charge is 0.481 e. The van der Waals surface area contributed by atoms with E-state index in [0.29, 0.717) is 30.5 Å². The fourth-order valence-electron chi connectivity index (χ4n) is 4.10. The summed E-state index contributed by atoms with van der Waals surface area (Å²) >= 11 is 0. The van der Waals surface area contributed by atoms with Crippen LogP contribution in [0.4, 0.5) is 0 Å². The van der Waals surface area contributed by atoms with E-state index in [4.69, 9.17) is 5.11 Å². The minimum atomic E-state index is -0.746. The Balaban J connectivity index is 1.60. The molecule has 1 N–H and O–H groups in total. The molecule has 128 valence electrons. The van der Waals surface area contributed by atoms with E-state index < -0.39 is 5.97 Å². The molecule has 0 aromatic heterocycles. The van der Waals surface area contributed by atoms with Gasteiger partial charge in [-0.3, -0.25) is 19.3 Å². The Kier molecular flexibility index (Phi) is 3.79. The molecule has 5 heteroatoms. The van der Waals surface area contributed by atoms with Gasteiger partial charge in [-0.25, -0.2) is 0 Å². The number of hydrogen-bond acceptors (Lipinski definition) is 3. The van der Waals surface area contributed by atoms with Crippen LogP contribution in [0.25, 0.3) is 10.8 Å². The molecule has 1 saturated carbocycles. The highest BCUT2D eigenvalue weighted by Gasteiger charge is 2.35. The quantitative estimate of drug-likeness (QED) is 0.872. The van der Waals surface area contributed by atoms with E-state index in [-0.39, 0.29) is 23.7 Å². The predicted octanol–water partition coefficient (Wildman–Crippen LogP) is 3.33. The summed E-state index contributed by atoms with van der Waals surface area (Å²) in [5.41, 5.74) is 1.15. The number of carbonyl (C=O) groups is 3. The van der Waals surface area contributed by atoms with Crippen LogP contribution < -0.4 is 0 Å². The van der Waals surface area contributed by atoms with Crippen molar-refractivity contribution in [1.82, 2.24) is 4.90 Å². The highest BCUT2D eigenvalue weighted by Crippen LogP contribution is 2.33. The van der Waals surface area contributed by atoms with E-state index >= 15 is 0 Å². The van der Waals surface area contributed by atoms with Crippen LogP contribution in [0.1, 0.15) is 46.4 Å². The SMILES string of the molecule is O=C(O)C1CCC(CN2C(=O)c3cccc4cccc(c34)C2=O)CC1. The van der Waals surface area contributed by atoms with E-state index in [1.807, 2.05) is 24.3 Å². The van der Waals surface area contributed by atoms with Crippen LogP contribution in [-0.2, 0) is 4.79 Å². The van der Waals surface area contributed by atoms with Gasteiger partial charge in [-0.2, -0.15) is 0 Å². The first kappa shape index (κ1) is 15.8.